The maximum absolute atomic E-state index is 11.8. The minimum atomic E-state index is -0.253. The normalized spacial score (nSPS) is 51.3. The Labute approximate surface area is 154 Å². The number of fused-ring (bicyclic) bond motifs is 6. The molecule has 25 heavy (non-hydrogen) atoms. The molecule has 0 amide bonds. The largest absolute Gasteiger partial charge is 0.462 e. The second-order valence-corrected chi connectivity index (χ2v) is 9.74. The third-order valence-corrected chi connectivity index (χ3v) is 8.86. The molecule has 0 aromatic rings. The first kappa shape index (κ1) is 16.4. The highest BCUT2D eigenvalue weighted by Gasteiger charge is 2.65. The van der Waals surface area contributed by atoms with E-state index in [1.807, 2.05) is 0 Å². The van der Waals surface area contributed by atoms with Crippen LogP contribution in [-0.4, -0.2) is 24.8 Å². The molecule has 3 nitrogen and oxygen atoms in total. The summed E-state index contributed by atoms with van der Waals surface area (Å²) in [4.78, 5) is 11.8. The number of ether oxygens (including phenoxy) is 2. The van der Waals surface area contributed by atoms with E-state index in [4.69, 9.17) is 21.1 Å². The Kier molecular flexibility index (Phi) is 3.36. The number of carbonyl (C=O) groups is 1. The van der Waals surface area contributed by atoms with Crippen LogP contribution < -0.4 is 0 Å². The SMILES string of the molecule is C[C@]12COC(=O)C=C1C(Cl)=C[C@@H]1[C@@H]2CC[C@@]2(C)[C@H]1CC[C@@]21CCCO1. The maximum Gasteiger partial charge on any atom is 0.331 e. The first-order valence-electron chi connectivity index (χ1n) is 9.80. The lowest BCUT2D eigenvalue weighted by molar-refractivity contribution is -0.149. The van der Waals surface area contributed by atoms with Gasteiger partial charge in [-0.1, -0.05) is 31.5 Å². The van der Waals surface area contributed by atoms with Gasteiger partial charge in [0.2, 0.25) is 0 Å². The predicted octanol–water partition coefficient (Wildman–Crippen LogP) is 4.60. The molecule has 0 bridgehead atoms. The average molecular weight is 363 g/mol. The molecule has 0 N–H and O–H groups in total. The smallest absolute Gasteiger partial charge is 0.331 e. The fraction of sp³-hybridized carbons (Fsp3) is 0.762. The number of halogens is 1. The minimum absolute atomic E-state index is 0.0962. The summed E-state index contributed by atoms with van der Waals surface area (Å²) in [5.41, 5.74) is 1.21. The number of rotatable bonds is 0. The van der Waals surface area contributed by atoms with Gasteiger partial charge >= 0.3 is 5.97 Å². The highest BCUT2D eigenvalue weighted by atomic mass is 35.5. The molecule has 0 aromatic carbocycles. The van der Waals surface area contributed by atoms with Gasteiger partial charge in [0.1, 0.15) is 6.61 Å². The molecule has 0 aromatic heterocycles. The van der Waals surface area contributed by atoms with E-state index in [2.05, 4.69) is 19.9 Å². The summed E-state index contributed by atoms with van der Waals surface area (Å²) in [5, 5.41) is 0.776. The van der Waals surface area contributed by atoms with Crippen LogP contribution in [-0.2, 0) is 14.3 Å². The first-order valence-corrected chi connectivity index (χ1v) is 10.2. The predicted molar refractivity (Wildman–Crippen MR) is 96.0 cm³/mol. The van der Waals surface area contributed by atoms with Gasteiger partial charge in [-0.15, -0.1) is 0 Å². The molecule has 1 spiro atoms. The highest BCUT2D eigenvalue weighted by molar-refractivity contribution is 6.32. The van der Waals surface area contributed by atoms with Crippen LogP contribution in [0.2, 0.25) is 0 Å². The zero-order valence-corrected chi connectivity index (χ0v) is 15.9. The number of cyclic esters (lactones) is 1. The van der Waals surface area contributed by atoms with Crippen LogP contribution in [0.25, 0.3) is 0 Å². The van der Waals surface area contributed by atoms with Gasteiger partial charge in [-0.05, 0) is 67.3 Å². The Hall–Kier alpha value is -0.800. The zero-order valence-electron chi connectivity index (χ0n) is 15.1. The van der Waals surface area contributed by atoms with Crippen molar-refractivity contribution in [2.45, 2.75) is 58.0 Å². The van der Waals surface area contributed by atoms with Crippen LogP contribution in [0.15, 0.2) is 22.8 Å². The Morgan fingerprint density at radius 1 is 1.16 bits per heavy atom. The van der Waals surface area contributed by atoms with E-state index in [1.165, 1.54) is 32.1 Å². The third kappa shape index (κ3) is 1.95. The van der Waals surface area contributed by atoms with E-state index < -0.39 is 0 Å². The number of allylic oxidation sites excluding steroid dienone is 2. The van der Waals surface area contributed by atoms with Gasteiger partial charge < -0.3 is 9.47 Å². The summed E-state index contributed by atoms with van der Waals surface area (Å²) in [7, 11) is 0. The topological polar surface area (TPSA) is 35.5 Å². The molecule has 2 aliphatic heterocycles. The van der Waals surface area contributed by atoms with Crippen molar-refractivity contribution in [1.29, 1.82) is 0 Å². The number of carbonyl (C=O) groups excluding carboxylic acids is 1. The van der Waals surface area contributed by atoms with Crippen LogP contribution in [0, 0.1) is 28.6 Å². The lowest BCUT2D eigenvalue weighted by Gasteiger charge is -2.57. The fourth-order valence-corrected chi connectivity index (χ4v) is 7.56. The molecule has 2 heterocycles. The fourth-order valence-electron chi connectivity index (χ4n) is 7.14. The van der Waals surface area contributed by atoms with Crippen molar-refractivity contribution in [3.8, 4) is 0 Å². The lowest BCUT2D eigenvalue weighted by Crippen LogP contribution is -2.55. The zero-order chi connectivity index (χ0) is 17.4. The van der Waals surface area contributed by atoms with Gasteiger partial charge in [-0.25, -0.2) is 4.79 Å². The van der Waals surface area contributed by atoms with Gasteiger partial charge in [0.25, 0.3) is 0 Å². The Morgan fingerprint density at radius 3 is 2.72 bits per heavy atom. The van der Waals surface area contributed by atoms with Gasteiger partial charge in [0.15, 0.2) is 0 Å². The second kappa shape index (κ2) is 5.13. The number of esters is 1. The molecular weight excluding hydrogens is 336 g/mol. The van der Waals surface area contributed by atoms with Crippen molar-refractivity contribution in [1.82, 2.24) is 0 Å². The van der Waals surface area contributed by atoms with Gasteiger partial charge in [-0.2, -0.15) is 0 Å². The van der Waals surface area contributed by atoms with Crippen LogP contribution in [0.4, 0.5) is 0 Å². The summed E-state index contributed by atoms with van der Waals surface area (Å²) < 4.78 is 11.8. The van der Waals surface area contributed by atoms with E-state index in [0.29, 0.717) is 24.4 Å². The molecule has 4 heteroatoms. The van der Waals surface area contributed by atoms with E-state index in [0.717, 1.165) is 23.6 Å². The number of hydrogen-bond donors (Lipinski definition) is 0. The van der Waals surface area contributed by atoms with Crippen LogP contribution in [0.5, 0.6) is 0 Å². The van der Waals surface area contributed by atoms with Crippen molar-refractivity contribution < 1.29 is 14.3 Å². The van der Waals surface area contributed by atoms with E-state index in [9.17, 15) is 4.79 Å². The number of hydrogen-bond acceptors (Lipinski definition) is 3. The minimum Gasteiger partial charge on any atom is -0.462 e. The molecule has 0 unspecified atom stereocenters. The lowest BCUT2D eigenvalue weighted by atomic mass is 9.49. The molecule has 5 aliphatic rings. The average Bonchev–Trinajstić information content (AvgIpc) is 3.17. The maximum atomic E-state index is 11.8. The van der Waals surface area contributed by atoms with Gasteiger partial charge in [0.05, 0.1) is 5.60 Å². The summed E-state index contributed by atoms with van der Waals surface area (Å²) in [6.07, 6.45) is 11.1. The van der Waals surface area contributed by atoms with Crippen molar-refractivity contribution in [3.63, 3.8) is 0 Å². The summed E-state index contributed by atoms with van der Waals surface area (Å²) in [5.74, 6) is 1.34. The molecule has 3 aliphatic carbocycles. The molecule has 1 saturated heterocycles. The van der Waals surface area contributed by atoms with Crippen molar-refractivity contribution in [2.24, 2.45) is 28.6 Å². The van der Waals surface area contributed by atoms with E-state index in [-0.39, 0.29) is 22.4 Å². The molecule has 136 valence electrons. The quantitative estimate of drug-likeness (QED) is 0.590. The van der Waals surface area contributed by atoms with E-state index >= 15 is 0 Å². The third-order valence-electron chi connectivity index (χ3n) is 8.53. The van der Waals surface area contributed by atoms with E-state index in [1.54, 1.807) is 6.08 Å². The molecular formula is C21H27ClO3. The second-order valence-electron chi connectivity index (χ2n) is 9.33. The first-order chi connectivity index (χ1) is 11.9. The van der Waals surface area contributed by atoms with Crippen LogP contribution in [0.1, 0.15) is 52.4 Å². The van der Waals surface area contributed by atoms with Crippen molar-refractivity contribution >= 4 is 17.6 Å². The van der Waals surface area contributed by atoms with Gasteiger partial charge in [-0.3, -0.25) is 0 Å². The Balaban J connectivity index is 1.58. The van der Waals surface area contributed by atoms with Crippen LogP contribution in [0.3, 0.4) is 0 Å². The molecule has 5 rings (SSSR count). The summed E-state index contributed by atoms with van der Waals surface area (Å²) >= 11 is 6.71. The Morgan fingerprint density at radius 2 is 1.96 bits per heavy atom. The summed E-state index contributed by atoms with van der Waals surface area (Å²) in [6, 6.07) is 0. The Bertz CT molecular complexity index is 689. The molecule has 0 radical (unpaired) electrons. The standard InChI is InChI=1S/C21H27ClO3/c1-19-12-24-18(23)11-16(19)17(22)10-13-14(19)4-7-20(2)15(13)5-8-21(20)6-3-9-25-21/h10-11,13-15H,3-9,12H2,1-2H3/t13-,14+,15+,19-,20+,21+/m1/s1. The van der Waals surface area contributed by atoms with Crippen molar-refractivity contribution in [2.75, 3.05) is 13.2 Å². The summed E-state index contributed by atoms with van der Waals surface area (Å²) in [6.45, 7) is 6.11. The monoisotopic (exact) mass is 362 g/mol. The molecule has 2 saturated carbocycles. The highest BCUT2D eigenvalue weighted by Crippen LogP contribution is 2.68. The molecule has 3 fully saturated rings. The van der Waals surface area contributed by atoms with Crippen LogP contribution >= 0.6 is 11.6 Å². The van der Waals surface area contributed by atoms with Crippen molar-refractivity contribution in [3.05, 3.63) is 22.8 Å². The van der Waals surface area contributed by atoms with Gasteiger partial charge in [0, 0.05) is 23.1 Å². The molecule has 6 atom stereocenters.